The molecule has 0 aromatic heterocycles. The smallest absolute Gasteiger partial charge is 0.328 e. The van der Waals surface area contributed by atoms with Crippen LogP contribution >= 0.6 is 0 Å². The summed E-state index contributed by atoms with van der Waals surface area (Å²) in [6.45, 7) is -0.899. The van der Waals surface area contributed by atoms with Gasteiger partial charge in [-0.2, -0.15) is 4.72 Å². The summed E-state index contributed by atoms with van der Waals surface area (Å²) in [5.41, 5.74) is 0.134. The normalized spacial score (nSPS) is 13.7. The van der Waals surface area contributed by atoms with Crippen molar-refractivity contribution in [1.29, 1.82) is 0 Å². The lowest BCUT2D eigenvalue weighted by molar-refractivity contribution is -0.166. The van der Waals surface area contributed by atoms with Gasteiger partial charge in [-0.3, -0.25) is 9.59 Å². The summed E-state index contributed by atoms with van der Waals surface area (Å²) in [4.78, 5) is 39.9. The molecule has 0 fully saturated rings. The van der Waals surface area contributed by atoms with Gasteiger partial charge in [0.15, 0.2) is 0 Å². The lowest BCUT2D eigenvalue weighted by Gasteiger charge is -2.13. The van der Waals surface area contributed by atoms with E-state index in [-0.39, 0.29) is 16.2 Å². The van der Waals surface area contributed by atoms with Crippen LogP contribution in [0.4, 0.5) is 4.39 Å². The van der Waals surface area contributed by atoms with Gasteiger partial charge in [0.1, 0.15) is 17.3 Å². The average molecular weight is 378 g/mol. The molecule has 2 aromatic rings. The molecular weight excluding hydrogens is 367 g/mol. The van der Waals surface area contributed by atoms with E-state index in [9.17, 15) is 27.2 Å². The van der Waals surface area contributed by atoms with Crippen molar-refractivity contribution in [1.82, 2.24) is 9.79 Å². The Kier molecular flexibility index (Phi) is 4.53. The fraction of sp³-hybridized carbons (Fsp3) is 0.0625. The van der Waals surface area contributed by atoms with Crippen LogP contribution in [0.1, 0.15) is 20.7 Å². The van der Waals surface area contributed by atoms with Crippen molar-refractivity contribution in [2.45, 2.75) is 4.90 Å². The highest BCUT2D eigenvalue weighted by atomic mass is 32.2. The second-order valence-corrected chi connectivity index (χ2v) is 6.90. The third-order valence-electron chi connectivity index (χ3n) is 3.48. The van der Waals surface area contributed by atoms with Crippen LogP contribution in [0.2, 0.25) is 0 Å². The van der Waals surface area contributed by atoms with E-state index < -0.39 is 45.1 Å². The van der Waals surface area contributed by atoms with Crippen molar-refractivity contribution >= 4 is 27.8 Å². The number of nitrogens with one attached hydrogen (secondary N) is 1. The predicted octanol–water partition coefficient (Wildman–Crippen LogP) is 0.858. The van der Waals surface area contributed by atoms with Crippen molar-refractivity contribution in [2.24, 2.45) is 0 Å². The van der Waals surface area contributed by atoms with Crippen molar-refractivity contribution < 1.29 is 32.0 Å². The van der Waals surface area contributed by atoms with Gasteiger partial charge in [-0.05, 0) is 24.3 Å². The lowest BCUT2D eigenvalue weighted by Crippen LogP contribution is -2.38. The molecule has 3 rings (SSSR count). The Morgan fingerprint density at radius 2 is 1.54 bits per heavy atom. The first-order chi connectivity index (χ1) is 12.3. The number of imide groups is 1. The molecule has 0 bridgehead atoms. The largest absolute Gasteiger partial charge is 0.347 e. The molecule has 134 valence electrons. The Morgan fingerprint density at radius 1 is 1.00 bits per heavy atom. The molecule has 1 aliphatic rings. The number of benzene rings is 2. The number of carbonyl (C=O) groups is 3. The summed E-state index contributed by atoms with van der Waals surface area (Å²) in [5, 5.41) is 0.254. The molecule has 10 heteroatoms. The fourth-order valence-electron chi connectivity index (χ4n) is 2.28. The molecule has 1 heterocycles. The summed E-state index contributed by atoms with van der Waals surface area (Å²) in [6.07, 6.45) is 0. The second kappa shape index (κ2) is 6.65. The molecule has 0 spiro atoms. The molecule has 0 radical (unpaired) electrons. The molecule has 1 aliphatic heterocycles. The number of rotatable bonds is 5. The van der Waals surface area contributed by atoms with Crippen molar-refractivity contribution in [2.75, 3.05) is 6.54 Å². The van der Waals surface area contributed by atoms with Crippen LogP contribution in [0.25, 0.3) is 0 Å². The van der Waals surface area contributed by atoms with Gasteiger partial charge >= 0.3 is 5.97 Å². The van der Waals surface area contributed by atoms with Gasteiger partial charge in [0.25, 0.3) is 11.8 Å². The van der Waals surface area contributed by atoms with Gasteiger partial charge in [0, 0.05) is 0 Å². The highest BCUT2D eigenvalue weighted by molar-refractivity contribution is 7.89. The van der Waals surface area contributed by atoms with E-state index in [1.165, 1.54) is 36.4 Å². The third-order valence-corrected chi connectivity index (χ3v) is 4.92. The minimum absolute atomic E-state index is 0.0669. The molecule has 2 amide bonds. The number of amides is 2. The van der Waals surface area contributed by atoms with Crippen LogP contribution in [-0.2, 0) is 19.7 Å². The van der Waals surface area contributed by atoms with Crippen molar-refractivity contribution in [3.8, 4) is 0 Å². The lowest BCUT2D eigenvalue weighted by atomic mass is 10.1. The van der Waals surface area contributed by atoms with Crippen LogP contribution in [-0.4, -0.2) is 37.8 Å². The molecule has 0 unspecified atom stereocenters. The predicted molar refractivity (Wildman–Crippen MR) is 84.6 cm³/mol. The Morgan fingerprint density at radius 3 is 2.12 bits per heavy atom. The average Bonchev–Trinajstić information content (AvgIpc) is 2.86. The molecule has 26 heavy (non-hydrogen) atoms. The highest BCUT2D eigenvalue weighted by Gasteiger charge is 2.38. The van der Waals surface area contributed by atoms with Crippen LogP contribution in [0, 0.1) is 5.82 Å². The third kappa shape index (κ3) is 3.19. The number of hydrogen-bond acceptors (Lipinski definition) is 6. The zero-order chi connectivity index (χ0) is 18.9. The zero-order valence-electron chi connectivity index (χ0n) is 13.0. The number of sulfonamides is 1. The molecule has 0 aliphatic carbocycles. The minimum atomic E-state index is -4.31. The minimum Gasteiger partial charge on any atom is -0.328 e. The standard InChI is InChI=1S/C16H11FN2O6S/c17-12-7-3-4-8-13(12)26(23,24)18-9-14(20)25-19-15(21)10-5-1-2-6-11(10)16(19)22/h1-8,18H,9H2. The van der Waals surface area contributed by atoms with Crippen LogP contribution < -0.4 is 4.72 Å². The first-order valence-corrected chi connectivity index (χ1v) is 8.72. The van der Waals surface area contributed by atoms with Gasteiger partial charge in [0.2, 0.25) is 10.0 Å². The van der Waals surface area contributed by atoms with E-state index in [4.69, 9.17) is 0 Å². The van der Waals surface area contributed by atoms with E-state index in [2.05, 4.69) is 4.84 Å². The fourth-order valence-corrected chi connectivity index (χ4v) is 3.32. The number of hydrogen-bond donors (Lipinski definition) is 1. The van der Waals surface area contributed by atoms with Crippen molar-refractivity contribution in [3.05, 3.63) is 65.5 Å². The van der Waals surface area contributed by atoms with Crippen LogP contribution in [0.15, 0.2) is 53.4 Å². The molecule has 0 saturated heterocycles. The summed E-state index contributed by atoms with van der Waals surface area (Å²) >= 11 is 0. The van der Waals surface area contributed by atoms with Crippen molar-refractivity contribution in [3.63, 3.8) is 0 Å². The maximum Gasteiger partial charge on any atom is 0.347 e. The monoisotopic (exact) mass is 378 g/mol. The Balaban J connectivity index is 1.66. The van der Waals surface area contributed by atoms with E-state index in [0.29, 0.717) is 0 Å². The molecule has 8 nitrogen and oxygen atoms in total. The number of fused-ring (bicyclic) bond motifs is 1. The Bertz CT molecular complexity index is 986. The van der Waals surface area contributed by atoms with E-state index in [1.54, 1.807) is 0 Å². The molecule has 1 N–H and O–H groups in total. The van der Waals surface area contributed by atoms with Gasteiger partial charge in [0.05, 0.1) is 11.1 Å². The number of halogens is 1. The summed E-state index contributed by atoms with van der Waals surface area (Å²) < 4.78 is 39.4. The molecular formula is C16H11FN2O6S. The molecule has 2 aromatic carbocycles. The summed E-state index contributed by atoms with van der Waals surface area (Å²) in [6, 6.07) is 10.5. The van der Waals surface area contributed by atoms with Gasteiger partial charge in [-0.15, -0.1) is 0 Å². The topological polar surface area (TPSA) is 110 Å². The number of carbonyl (C=O) groups excluding carboxylic acids is 3. The van der Waals surface area contributed by atoms with E-state index in [0.717, 1.165) is 12.1 Å². The number of hydroxylamine groups is 2. The molecule has 0 atom stereocenters. The first kappa shape index (κ1) is 17.7. The number of nitrogens with zero attached hydrogens (tertiary/aromatic N) is 1. The van der Waals surface area contributed by atoms with Gasteiger partial charge in [-0.1, -0.05) is 29.3 Å². The highest BCUT2D eigenvalue weighted by Crippen LogP contribution is 2.22. The SMILES string of the molecule is O=C(CNS(=O)(=O)c1ccccc1F)ON1C(=O)c2ccccc2C1=O. The van der Waals surface area contributed by atoms with Crippen LogP contribution in [0.3, 0.4) is 0 Å². The zero-order valence-corrected chi connectivity index (χ0v) is 13.8. The van der Waals surface area contributed by atoms with E-state index in [1.807, 2.05) is 4.72 Å². The summed E-state index contributed by atoms with van der Waals surface area (Å²) in [7, 11) is -4.31. The van der Waals surface area contributed by atoms with E-state index >= 15 is 0 Å². The summed E-state index contributed by atoms with van der Waals surface area (Å²) in [5.74, 6) is -3.88. The molecule has 0 saturated carbocycles. The Labute approximate surface area is 147 Å². The van der Waals surface area contributed by atoms with Gasteiger partial charge < -0.3 is 4.84 Å². The second-order valence-electron chi connectivity index (χ2n) is 5.17. The maximum absolute atomic E-state index is 13.6. The quantitative estimate of drug-likeness (QED) is 0.773. The van der Waals surface area contributed by atoms with Crippen LogP contribution in [0.5, 0.6) is 0 Å². The Hall–Kier alpha value is -3.11. The van der Waals surface area contributed by atoms with Gasteiger partial charge in [-0.25, -0.2) is 17.6 Å². The first-order valence-electron chi connectivity index (χ1n) is 7.24. The maximum atomic E-state index is 13.6.